The molecule has 0 radical (unpaired) electrons. The Balaban J connectivity index is 1.50. The van der Waals surface area contributed by atoms with Crippen LogP contribution in [-0.2, 0) is 24.3 Å². The molecule has 3 aliphatic rings. The Kier molecular flexibility index (Phi) is 4.48. The fourth-order valence-corrected chi connectivity index (χ4v) is 4.94. The van der Waals surface area contributed by atoms with Crippen molar-refractivity contribution in [1.82, 2.24) is 4.72 Å². The summed E-state index contributed by atoms with van der Waals surface area (Å²) in [4.78, 5) is 12.3. The molecule has 3 rings (SSSR count). The van der Waals surface area contributed by atoms with Crippen molar-refractivity contribution in [2.45, 2.75) is 64.1 Å². The third-order valence-electron chi connectivity index (χ3n) is 5.27. The second-order valence-electron chi connectivity index (χ2n) is 8.04. The standard InChI is InChI=1S/C16H27NO5S/c1-15(2)11-21-9-13(22-15)10-23(19,20)17-14(18)12-3-5-16(6-4-12)7-8-16/h12-13H,3-11H2,1-2H3,(H,17,18). The second-order valence-corrected chi connectivity index (χ2v) is 9.80. The van der Waals surface area contributed by atoms with Crippen LogP contribution in [0.3, 0.4) is 0 Å². The van der Waals surface area contributed by atoms with Crippen molar-refractivity contribution in [2.75, 3.05) is 19.0 Å². The number of ether oxygens (including phenoxy) is 2. The van der Waals surface area contributed by atoms with Gasteiger partial charge in [0, 0.05) is 5.92 Å². The Morgan fingerprint density at radius 2 is 1.83 bits per heavy atom. The largest absolute Gasteiger partial charge is 0.376 e. The number of carbonyl (C=O) groups excluding carboxylic acids is 1. The van der Waals surface area contributed by atoms with Crippen LogP contribution < -0.4 is 4.72 Å². The highest BCUT2D eigenvalue weighted by molar-refractivity contribution is 7.90. The van der Waals surface area contributed by atoms with E-state index in [-0.39, 0.29) is 24.2 Å². The van der Waals surface area contributed by atoms with E-state index in [4.69, 9.17) is 9.47 Å². The SMILES string of the molecule is CC1(C)COCC(CS(=O)(=O)NC(=O)C2CCC3(CC2)CC3)O1. The van der Waals surface area contributed by atoms with Gasteiger partial charge in [-0.15, -0.1) is 0 Å². The predicted octanol–water partition coefficient (Wildman–Crippen LogP) is 1.60. The van der Waals surface area contributed by atoms with Crippen LogP contribution in [-0.4, -0.2) is 45.0 Å². The Hall–Kier alpha value is -0.660. The van der Waals surface area contributed by atoms with Crippen LogP contribution in [0.2, 0.25) is 0 Å². The van der Waals surface area contributed by atoms with Crippen molar-refractivity contribution in [3.63, 3.8) is 0 Å². The van der Waals surface area contributed by atoms with Crippen LogP contribution in [0.25, 0.3) is 0 Å². The van der Waals surface area contributed by atoms with Gasteiger partial charge in [0.2, 0.25) is 15.9 Å². The van der Waals surface area contributed by atoms with Gasteiger partial charge in [-0.2, -0.15) is 0 Å². The number of hydrogen-bond donors (Lipinski definition) is 1. The average Bonchev–Trinajstić information content (AvgIpc) is 3.16. The van der Waals surface area contributed by atoms with Crippen molar-refractivity contribution in [1.29, 1.82) is 0 Å². The highest BCUT2D eigenvalue weighted by Crippen LogP contribution is 2.57. The number of nitrogens with one attached hydrogen (secondary N) is 1. The third kappa shape index (κ3) is 4.45. The highest BCUT2D eigenvalue weighted by atomic mass is 32.2. The van der Waals surface area contributed by atoms with E-state index in [1.165, 1.54) is 12.8 Å². The molecular formula is C16H27NO5S. The minimum Gasteiger partial charge on any atom is -0.376 e. The van der Waals surface area contributed by atoms with E-state index < -0.39 is 21.7 Å². The highest BCUT2D eigenvalue weighted by Gasteiger charge is 2.46. The van der Waals surface area contributed by atoms with Gasteiger partial charge >= 0.3 is 0 Å². The quantitative estimate of drug-likeness (QED) is 0.837. The number of sulfonamides is 1. The predicted molar refractivity (Wildman–Crippen MR) is 85.3 cm³/mol. The zero-order chi connectivity index (χ0) is 16.7. The van der Waals surface area contributed by atoms with Crippen LogP contribution in [0.5, 0.6) is 0 Å². The van der Waals surface area contributed by atoms with E-state index in [1.54, 1.807) is 0 Å². The normalized spacial score (nSPS) is 30.1. The Bertz CT molecular complexity index is 557. The summed E-state index contributed by atoms with van der Waals surface area (Å²) in [5.41, 5.74) is -0.00108. The number of amides is 1. The molecule has 0 aromatic rings. The molecule has 0 aromatic heterocycles. The Morgan fingerprint density at radius 3 is 2.39 bits per heavy atom. The molecule has 1 spiro atoms. The van der Waals surface area contributed by atoms with E-state index in [0.29, 0.717) is 12.0 Å². The number of carbonyl (C=O) groups is 1. The summed E-state index contributed by atoms with van der Waals surface area (Å²) in [7, 11) is -3.70. The lowest BCUT2D eigenvalue weighted by Crippen LogP contribution is -2.48. The van der Waals surface area contributed by atoms with Gasteiger partial charge in [-0.3, -0.25) is 9.52 Å². The summed E-state index contributed by atoms with van der Waals surface area (Å²) >= 11 is 0. The number of rotatable bonds is 4. The molecule has 1 heterocycles. The fraction of sp³-hybridized carbons (Fsp3) is 0.938. The minimum absolute atomic E-state index is 0.170. The first-order valence-corrected chi connectivity index (χ1v) is 10.1. The summed E-state index contributed by atoms with van der Waals surface area (Å²) in [6, 6.07) is 0. The topological polar surface area (TPSA) is 81.7 Å². The Labute approximate surface area is 138 Å². The summed E-state index contributed by atoms with van der Waals surface area (Å²) in [5.74, 6) is -0.758. The first-order chi connectivity index (χ1) is 10.7. The molecule has 2 aliphatic carbocycles. The molecule has 132 valence electrons. The van der Waals surface area contributed by atoms with Gasteiger partial charge in [-0.05, 0) is 57.8 Å². The van der Waals surface area contributed by atoms with Gasteiger partial charge in [0.15, 0.2) is 0 Å². The molecule has 1 unspecified atom stereocenters. The lowest BCUT2D eigenvalue weighted by Gasteiger charge is -2.35. The van der Waals surface area contributed by atoms with Crippen molar-refractivity contribution in [2.24, 2.45) is 11.3 Å². The maximum Gasteiger partial charge on any atom is 0.237 e. The Morgan fingerprint density at radius 1 is 1.17 bits per heavy atom. The van der Waals surface area contributed by atoms with Crippen LogP contribution in [0.15, 0.2) is 0 Å². The molecule has 1 atom stereocenters. The van der Waals surface area contributed by atoms with Crippen LogP contribution >= 0.6 is 0 Å². The monoisotopic (exact) mass is 345 g/mol. The third-order valence-corrected chi connectivity index (χ3v) is 6.60. The van der Waals surface area contributed by atoms with Crippen LogP contribution in [0, 0.1) is 11.3 Å². The van der Waals surface area contributed by atoms with Gasteiger partial charge in [0.25, 0.3) is 0 Å². The molecule has 1 amide bonds. The first kappa shape index (κ1) is 17.2. The number of hydrogen-bond acceptors (Lipinski definition) is 5. The summed E-state index contributed by atoms with van der Waals surface area (Å²) in [6.07, 6.45) is 5.72. The van der Waals surface area contributed by atoms with Gasteiger partial charge in [-0.25, -0.2) is 8.42 Å². The molecule has 23 heavy (non-hydrogen) atoms. The lowest BCUT2D eigenvalue weighted by atomic mass is 9.79. The summed E-state index contributed by atoms with van der Waals surface area (Å²) in [5, 5.41) is 0. The molecule has 2 saturated carbocycles. The van der Waals surface area contributed by atoms with Crippen molar-refractivity contribution in [3.8, 4) is 0 Å². The van der Waals surface area contributed by atoms with E-state index >= 15 is 0 Å². The van der Waals surface area contributed by atoms with E-state index in [1.807, 2.05) is 13.8 Å². The molecular weight excluding hydrogens is 318 g/mol. The van der Waals surface area contributed by atoms with E-state index in [0.717, 1.165) is 25.7 Å². The molecule has 1 aliphatic heterocycles. The smallest absolute Gasteiger partial charge is 0.237 e. The van der Waals surface area contributed by atoms with Gasteiger partial charge < -0.3 is 9.47 Å². The van der Waals surface area contributed by atoms with Crippen molar-refractivity contribution < 1.29 is 22.7 Å². The van der Waals surface area contributed by atoms with Crippen LogP contribution in [0.4, 0.5) is 0 Å². The fourth-order valence-electron chi connectivity index (χ4n) is 3.73. The summed E-state index contributed by atoms with van der Waals surface area (Å²) in [6.45, 7) is 4.41. The van der Waals surface area contributed by atoms with Gasteiger partial charge in [-0.1, -0.05) is 0 Å². The molecule has 3 fully saturated rings. The maximum absolute atomic E-state index is 12.3. The van der Waals surface area contributed by atoms with Gasteiger partial charge in [0.1, 0.15) is 0 Å². The summed E-state index contributed by atoms with van der Waals surface area (Å²) < 4.78 is 37.8. The van der Waals surface area contributed by atoms with Gasteiger partial charge in [0.05, 0.1) is 30.7 Å². The van der Waals surface area contributed by atoms with E-state index in [9.17, 15) is 13.2 Å². The van der Waals surface area contributed by atoms with Crippen molar-refractivity contribution >= 4 is 15.9 Å². The minimum atomic E-state index is -3.70. The molecule has 6 nitrogen and oxygen atoms in total. The molecule has 1 N–H and O–H groups in total. The maximum atomic E-state index is 12.3. The lowest BCUT2D eigenvalue weighted by molar-refractivity contribution is -0.174. The second kappa shape index (κ2) is 6.01. The zero-order valence-electron chi connectivity index (χ0n) is 14.0. The van der Waals surface area contributed by atoms with Crippen LogP contribution in [0.1, 0.15) is 52.4 Å². The molecule has 0 bridgehead atoms. The van der Waals surface area contributed by atoms with E-state index in [2.05, 4.69) is 4.72 Å². The molecule has 1 saturated heterocycles. The molecule has 7 heteroatoms. The first-order valence-electron chi connectivity index (χ1n) is 8.49. The molecule has 0 aromatic carbocycles. The average molecular weight is 345 g/mol. The zero-order valence-corrected chi connectivity index (χ0v) is 14.8. The van der Waals surface area contributed by atoms with Crippen molar-refractivity contribution in [3.05, 3.63) is 0 Å².